The van der Waals surface area contributed by atoms with E-state index in [1.54, 1.807) is 7.11 Å². The normalized spacial score (nSPS) is 10.8. The van der Waals surface area contributed by atoms with E-state index < -0.39 is 0 Å². The van der Waals surface area contributed by atoms with Crippen LogP contribution in [0.1, 0.15) is 0 Å². The number of rotatable bonds is 2. The molecule has 2 aromatic carbocycles. The topological polar surface area (TPSA) is 22.1 Å². The lowest BCUT2D eigenvalue weighted by atomic mass is 10.1. The maximum absolute atomic E-state index is 5.17. The molecule has 1 aromatic heterocycles. The third-order valence-corrected chi connectivity index (χ3v) is 4.16. The van der Waals surface area contributed by atoms with E-state index in [0.717, 1.165) is 36.9 Å². The molecule has 3 rings (SSSR count). The molecule has 1 heterocycles. The number of ether oxygens (including phenoxy) is 1. The SMILES string of the molecule is COc1ccc(-c2ccc3cc(Br)cc(Br)c3n2)cc1. The van der Waals surface area contributed by atoms with Gasteiger partial charge in [-0.3, -0.25) is 0 Å². The van der Waals surface area contributed by atoms with E-state index in [-0.39, 0.29) is 0 Å². The average Bonchev–Trinajstić information content (AvgIpc) is 2.47. The molecule has 100 valence electrons. The molecule has 0 saturated heterocycles. The molecule has 0 aliphatic heterocycles. The first kappa shape index (κ1) is 13.6. The van der Waals surface area contributed by atoms with Crippen molar-refractivity contribution in [3.05, 3.63) is 57.5 Å². The maximum atomic E-state index is 5.17. The first-order valence-electron chi connectivity index (χ1n) is 6.07. The number of methoxy groups -OCH3 is 1. The lowest BCUT2D eigenvalue weighted by molar-refractivity contribution is 0.415. The second-order valence-electron chi connectivity index (χ2n) is 4.38. The zero-order valence-electron chi connectivity index (χ0n) is 10.7. The molecule has 0 aliphatic carbocycles. The van der Waals surface area contributed by atoms with Crippen LogP contribution in [0.3, 0.4) is 0 Å². The summed E-state index contributed by atoms with van der Waals surface area (Å²) in [4.78, 5) is 4.73. The highest BCUT2D eigenvalue weighted by Gasteiger charge is 2.06. The molecule has 0 unspecified atom stereocenters. The van der Waals surface area contributed by atoms with Crippen molar-refractivity contribution < 1.29 is 4.74 Å². The van der Waals surface area contributed by atoms with Crippen molar-refractivity contribution in [2.45, 2.75) is 0 Å². The Morgan fingerprint density at radius 2 is 1.70 bits per heavy atom. The van der Waals surface area contributed by atoms with Crippen LogP contribution in [0.25, 0.3) is 22.2 Å². The zero-order chi connectivity index (χ0) is 14.1. The molecule has 3 aromatic rings. The van der Waals surface area contributed by atoms with E-state index in [1.165, 1.54) is 0 Å². The summed E-state index contributed by atoms with van der Waals surface area (Å²) in [6.07, 6.45) is 0. The van der Waals surface area contributed by atoms with Crippen molar-refractivity contribution in [2.24, 2.45) is 0 Å². The Morgan fingerprint density at radius 1 is 0.950 bits per heavy atom. The molecular weight excluding hydrogens is 382 g/mol. The second kappa shape index (κ2) is 5.54. The molecular formula is C16H11Br2NO. The van der Waals surface area contributed by atoms with Crippen LogP contribution in [-0.4, -0.2) is 12.1 Å². The summed E-state index contributed by atoms with van der Waals surface area (Å²) in [5.41, 5.74) is 2.98. The molecule has 0 radical (unpaired) electrons. The van der Waals surface area contributed by atoms with E-state index in [2.05, 4.69) is 44.0 Å². The molecule has 4 heteroatoms. The number of nitrogens with zero attached hydrogens (tertiary/aromatic N) is 1. The first-order chi connectivity index (χ1) is 9.67. The molecule has 20 heavy (non-hydrogen) atoms. The van der Waals surface area contributed by atoms with Crippen LogP contribution in [0.15, 0.2) is 57.5 Å². The Bertz CT molecular complexity index is 769. The van der Waals surface area contributed by atoms with Crippen molar-refractivity contribution in [1.29, 1.82) is 0 Å². The molecule has 2 nitrogen and oxygen atoms in total. The number of pyridine rings is 1. The van der Waals surface area contributed by atoms with Gasteiger partial charge in [-0.2, -0.15) is 0 Å². The fourth-order valence-electron chi connectivity index (χ4n) is 2.08. The quantitative estimate of drug-likeness (QED) is 0.579. The van der Waals surface area contributed by atoms with Crippen molar-refractivity contribution in [1.82, 2.24) is 4.98 Å². The third-order valence-electron chi connectivity index (χ3n) is 3.10. The number of benzene rings is 2. The Kier molecular flexibility index (Phi) is 3.76. The van der Waals surface area contributed by atoms with Gasteiger partial charge in [0.1, 0.15) is 5.75 Å². The van der Waals surface area contributed by atoms with E-state index in [4.69, 9.17) is 9.72 Å². The van der Waals surface area contributed by atoms with E-state index in [0.29, 0.717) is 0 Å². The Hall–Kier alpha value is -1.39. The summed E-state index contributed by atoms with van der Waals surface area (Å²) >= 11 is 7.06. The van der Waals surface area contributed by atoms with E-state index in [1.807, 2.05) is 36.4 Å². The highest BCUT2D eigenvalue weighted by atomic mass is 79.9. The van der Waals surface area contributed by atoms with Gasteiger partial charge in [-0.1, -0.05) is 22.0 Å². The molecule has 0 atom stereocenters. The average molecular weight is 393 g/mol. The molecule has 0 aliphatic rings. The molecule has 0 fully saturated rings. The maximum Gasteiger partial charge on any atom is 0.118 e. The largest absolute Gasteiger partial charge is 0.497 e. The lowest BCUT2D eigenvalue weighted by Crippen LogP contribution is -1.87. The monoisotopic (exact) mass is 391 g/mol. The fraction of sp³-hybridized carbons (Fsp3) is 0.0625. The zero-order valence-corrected chi connectivity index (χ0v) is 13.9. The number of hydrogen-bond acceptors (Lipinski definition) is 2. The Balaban J connectivity index is 2.12. The number of aromatic nitrogens is 1. The van der Waals surface area contributed by atoms with Gasteiger partial charge in [-0.25, -0.2) is 4.98 Å². The summed E-state index contributed by atoms with van der Waals surface area (Å²) in [6.45, 7) is 0. The van der Waals surface area contributed by atoms with Crippen molar-refractivity contribution in [2.75, 3.05) is 7.11 Å². The van der Waals surface area contributed by atoms with Gasteiger partial charge in [0.15, 0.2) is 0 Å². The van der Waals surface area contributed by atoms with Gasteiger partial charge in [0.2, 0.25) is 0 Å². The summed E-state index contributed by atoms with van der Waals surface area (Å²) in [5, 5.41) is 1.10. The number of fused-ring (bicyclic) bond motifs is 1. The van der Waals surface area contributed by atoms with Crippen molar-refractivity contribution in [3.8, 4) is 17.0 Å². The third kappa shape index (κ3) is 2.58. The second-order valence-corrected chi connectivity index (χ2v) is 6.15. The highest BCUT2D eigenvalue weighted by Crippen LogP contribution is 2.30. The fourth-order valence-corrected chi connectivity index (χ4v) is 3.43. The minimum atomic E-state index is 0.847. The number of hydrogen-bond donors (Lipinski definition) is 0. The highest BCUT2D eigenvalue weighted by molar-refractivity contribution is 9.11. The Morgan fingerprint density at radius 3 is 2.40 bits per heavy atom. The van der Waals surface area contributed by atoms with Crippen LogP contribution in [0.4, 0.5) is 0 Å². The van der Waals surface area contributed by atoms with Crippen LogP contribution >= 0.6 is 31.9 Å². The van der Waals surface area contributed by atoms with Gasteiger partial charge in [0.25, 0.3) is 0 Å². The van der Waals surface area contributed by atoms with Crippen molar-refractivity contribution >= 4 is 42.8 Å². The standard InChI is InChI=1S/C16H11Br2NO/c1-20-13-5-2-10(3-6-13)15-7-4-11-8-12(17)9-14(18)16(11)19-15/h2-9H,1H3. The van der Waals surface area contributed by atoms with Crippen molar-refractivity contribution in [3.63, 3.8) is 0 Å². The molecule has 0 saturated carbocycles. The first-order valence-corrected chi connectivity index (χ1v) is 7.66. The van der Waals surface area contributed by atoms with Gasteiger partial charge in [0.05, 0.1) is 18.3 Å². The summed E-state index contributed by atoms with van der Waals surface area (Å²) in [5.74, 6) is 0.847. The lowest BCUT2D eigenvalue weighted by Gasteiger charge is -2.06. The van der Waals surface area contributed by atoms with Crippen LogP contribution in [0.5, 0.6) is 5.75 Å². The molecule has 0 N–H and O–H groups in total. The van der Waals surface area contributed by atoms with E-state index in [9.17, 15) is 0 Å². The van der Waals surface area contributed by atoms with Gasteiger partial charge < -0.3 is 4.74 Å². The predicted molar refractivity (Wildman–Crippen MR) is 89.1 cm³/mol. The molecule has 0 amide bonds. The van der Waals surface area contributed by atoms with Gasteiger partial charge in [-0.05, 0) is 58.4 Å². The Labute approximate surface area is 134 Å². The van der Waals surface area contributed by atoms with Crippen LogP contribution < -0.4 is 4.74 Å². The number of halogens is 2. The van der Waals surface area contributed by atoms with Crippen LogP contribution in [0.2, 0.25) is 0 Å². The van der Waals surface area contributed by atoms with E-state index >= 15 is 0 Å². The molecule has 0 bridgehead atoms. The van der Waals surface area contributed by atoms with Crippen LogP contribution in [0, 0.1) is 0 Å². The van der Waals surface area contributed by atoms with Crippen LogP contribution in [-0.2, 0) is 0 Å². The summed E-state index contributed by atoms with van der Waals surface area (Å²) in [7, 11) is 1.66. The summed E-state index contributed by atoms with van der Waals surface area (Å²) in [6, 6.07) is 16.1. The van der Waals surface area contributed by atoms with Gasteiger partial charge >= 0.3 is 0 Å². The molecule has 0 spiro atoms. The van der Waals surface area contributed by atoms with Gasteiger partial charge in [0, 0.05) is 19.9 Å². The predicted octanol–water partition coefficient (Wildman–Crippen LogP) is 5.44. The minimum Gasteiger partial charge on any atom is -0.497 e. The summed E-state index contributed by atoms with van der Waals surface area (Å²) < 4.78 is 7.20. The minimum absolute atomic E-state index is 0.847. The smallest absolute Gasteiger partial charge is 0.118 e. The van der Waals surface area contributed by atoms with Gasteiger partial charge in [-0.15, -0.1) is 0 Å².